The number of nitro groups is 1. The highest BCUT2D eigenvalue weighted by Crippen LogP contribution is 2.27. The number of amides is 1. The summed E-state index contributed by atoms with van der Waals surface area (Å²) < 4.78 is 0. The molecule has 1 rings (SSSR count). The molecule has 0 saturated heterocycles. The van der Waals surface area contributed by atoms with Crippen molar-refractivity contribution in [2.75, 3.05) is 11.9 Å². The summed E-state index contributed by atoms with van der Waals surface area (Å²) in [7, 11) is 0. The molecule has 1 aromatic carbocycles. The first-order valence-corrected chi connectivity index (χ1v) is 4.36. The van der Waals surface area contributed by atoms with E-state index in [1.807, 2.05) is 0 Å². The predicted molar refractivity (Wildman–Crippen MR) is 55.8 cm³/mol. The molecule has 0 spiro atoms. The Morgan fingerprint density at radius 3 is 2.80 bits per heavy atom. The van der Waals surface area contributed by atoms with Gasteiger partial charge in [-0.05, 0) is 12.1 Å². The van der Waals surface area contributed by atoms with E-state index in [1.165, 1.54) is 18.2 Å². The van der Waals surface area contributed by atoms with Gasteiger partial charge in [-0.2, -0.15) is 0 Å². The zero-order valence-electron chi connectivity index (χ0n) is 7.57. The Morgan fingerprint density at radius 1 is 1.60 bits per heavy atom. The Bertz CT molecular complexity index is 408. The van der Waals surface area contributed by atoms with Crippen molar-refractivity contribution in [3.05, 3.63) is 33.3 Å². The Morgan fingerprint density at radius 2 is 2.27 bits per heavy atom. The van der Waals surface area contributed by atoms with Gasteiger partial charge in [-0.15, -0.1) is 0 Å². The molecule has 0 fully saturated rings. The summed E-state index contributed by atoms with van der Waals surface area (Å²) in [5, 5.41) is 12.9. The highest BCUT2D eigenvalue weighted by atomic mass is 35.5. The molecular formula is C8H8ClN3O3. The van der Waals surface area contributed by atoms with Gasteiger partial charge in [-0.3, -0.25) is 14.9 Å². The summed E-state index contributed by atoms with van der Waals surface area (Å²) in [4.78, 5) is 20.8. The molecule has 3 N–H and O–H groups in total. The Balaban J connectivity index is 2.97. The van der Waals surface area contributed by atoms with Crippen molar-refractivity contribution in [3.63, 3.8) is 0 Å². The number of hydrogen-bond acceptors (Lipinski definition) is 4. The van der Waals surface area contributed by atoms with E-state index in [0.29, 0.717) is 5.69 Å². The number of nitrogens with one attached hydrogen (secondary N) is 1. The molecule has 0 aliphatic rings. The topological polar surface area (TPSA) is 98.3 Å². The summed E-state index contributed by atoms with van der Waals surface area (Å²) in [6, 6.07) is 3.98. The number of rotatable bonds is 3. The van der Waals surface area contributed by atoms with Crippen molar-refractivity contribution in [2.24, 2.45) is 5.73 Å². The maximum atomic E-state index is 10.9. The maximum absolute atomic E-state index is 10.9. The number of halogens is 1. The molecule has 0 heterocycles. The van der Waals surface area contributed by atoms with Crippen LogP contribution in [0.25, 0.3) is 0 Å². The minimum atomic E-state index is -0.625. The van der Waals surface area contributed by atoms with Crippen LogP contribution in [0, 0.1) is 10.1 Å². The van der Waals surface area contributed by atoms with E-state index in [9.17, 15) is 14.9 Å². The number of anilines is 1. The number of nitrogens with zero attached hydrogens (tertiary/aromatic N) is 1. The molecule has 1 aromatic rings. The van der Waals surface area contributed by atoms with Crippen LogP contribution in [0.2, 0.25) is 5.02 Å². The summed E-state index contributed by atoms with van der Waals surface area (Å²) in [6.45, 7) is -0.184. The fourth-order valence-corrected chi connectivity index (χ4v) is 1.13. The number of hydrogen-bond donors (Lipinski definition) is 2. The zero-order chi connectivity index (χ0) is 11.4. The SMILES string of the molecule is NCC(=O)Nc1ccc(Cl)c([N+](=O)[O-])c1. The van der Waals surface area contributed by atoms with E-state index in [-0.39, 0.29) is 17.3 Å². The molecule has 15 heavy (non-hydrogen) atoms. The van der Waals surface area contributed by atoms with Crippen molar-refractivity contribution in [2.45, 2.75) is 0 Å². The highest BCUT2D eigenvalue weighted by molar-refractivity contribution is 6.32. The van der Waals surface area contributed by atoms with Crippen LogP contribution < -0.4 is 11.1 Å². The van der Waals surface area contributed by atoms with Crippen LogP contribution in [0.4, 0.5) is 11.4 Å². The molecule has 0 bridgehead atoms. The summed E-state index contributed by atoms with van der Waals surface area (Å²) in [6.07, 6.45) is 0. The van der Waals surface area contributed by atoms with E-state index in [0.717, 1.165) is 0 Å². The van der Waals surface area contributed by atoms with Crippen molar-refractivity contribution >= 4 is 28.9 Å². The molecular weight excluding hydrogens is 222 g/mol. The zero-order valence-corrected chi connectivity index (χ0v) is 8.32. The van der Waals surface area contributed by atoms with Gasteiger partial charge >= 0.3 is 0 Å². The summed E-state index contributed by atoms with van der Waals surface area (Å²) in [5.41, 5.74) is 5.11. The number of benzene rings is 1. The molecule has 0 aliphatic heterocycles. The molecule has 0 aromatic heterocycles. The smallest absolute Gasteiger partial charge is 0.289 e. The van der Waals surface area contributed by atoms with Crippen molar-refractivity contribution in [1.82, 2.24) is 0 Å². The molecule has 0 radical (unpaired) electrons. The molecule has 6 nitrogen and oxygen atoms in total. The third-order valence-electron chi connectivity index (χ3n) is 1.61. The Kier molecular flexibility index (Phi) is 3.59. The second kappa shape index (κ2) is 4.72. The highest BCUT2D eigenvalue weighted by Gasteiger charge is 2.13. The monoisotopic (exact) mass is 229 g/mol. The lowest BCUT2D eigenvalue weighted by molar-refractivity contribution is -0.384. The van der Waals surface area contributed by atoms with Gasteiger partial charge in [0.15, 0.2) is 0 Å². The lowest BCUT2D eigenvalue weighted by Gasteiger charge is -2.03. The standard InChI is InChI=1S/C8H8ClN3O3/c9-6-2-1-5(11-8(13)4-10)3-7(6)12(14)15/h1-3H,4,10H2,(H,11,13). The third-order valence-corrected chi connectivity index (χ3v) is 1.93. The van der Waals surface area contributed by atoms with Gasteiger partial charge in [0.25, 0.3) is 5.69 Å². The lowest BCUT2D eigenvalue weighted by Crippen LogP contribution is -2.21. The van der Waals surface area contributed by atoms with E-state index in [4.69, 9.17) is 17.3 Å². The van der Waals surface area contributed by atoms with Gasteiger partial charge in [0.05, 0.1) is 11.5 Å². The maximum Gasteiger partial charge on any atom is 0.289 e. The first-order chi connectivity index (χ1) is 7.04. The van der Waals surface area contributed by atoms with Gasteiger partial charge in [0.1, 0.15) is 5.02 Å². The summed E-state index contributed by atoms with van der Waals surface area (Å²) in [5.74, 6) is -0.424. The first-order valence-electron chi connectivity index (χ1n) is 3.98. The second-order valence-corrected chi connectivity index (χ2v) is 3.08. The fourth-order valence-electron chi connectivity index (χ4n) is 0.942. The lowest BCUT2D eigenvalue weighted by atomic mass is 10.3. The van der Waals surface area contributed by atoms with Crippen LogP contribution in [-0.2, 0) is 4.79 Å². The Labute approximate surface area is 90.2 Å². The van der Waals surface area contributed by atoms with Crippen molar-refractivity contribution in [1.29, 1.82) is 0 Å². The molecule has 0 aliphatic carbocycles. The number of nitrogens with two attached hydrogens (primary N) is 1. The first kappa shape index (κ1) is 11.4. The molecule has 0 saturated carbocycles. The van der Waals surface area contributed by atoms with Crippen LogP contribution in [0.3, 0.4) is 0 Å². The van der Waals surface area contributed by atoms with Crippen LogP contribution >= 0.6 is 11.6 Å². The van der Waals surface area contributed by atoms with Gasteiger partial charge in [0, 0.05) is 11.8 Å². The minimum Gasteiger partial charge on any atom is -0.325 e. The Hall–Kier alpha value is -1.66. The fraction of sp³-hybridized carbons (Fsp3) is 0.125. The third kappa shape index (κ3) is 2.90. The van der Waals surface area contributed by atoms with Crippen molar-refractivity contribution in [3.8, 4) is 0 Å². The van der Waals surface area contributed by atoms with Gasteiger partial charge in [0.2, 0.25) is 5.91 Å². The van der Waals surface area contributed by atoms with Crippen molar-refractivity contribution < 1.29 is 9.72 Å². The van der Waals surface area contributed by atoms with E-state index < -0.39 is 10.8 Å². The van der Waals surface area contributed by atoms with Gasteiger partial charge in [-0.25, -0.2) is 0 Å². The van der Waals surface area contributed by atoms with Crippen LogP contribution in [-0.4, -0.2) is 17.4 Å². The minimum absolute atomic E-state index is 0.0192. The molecule has 1 amide bonds. The largest absolute Gasteiger partial charge is 0.325 e. The summed E-state index contributed by atoms with van der Waals surface area (Å²) >= 11 is 5.58. The second-order valence-electron chi connectivity index (χ2n) is 2.68. The molecule has 0 unspecified atom stereocenters. The van der Waals surface area contributed by atoms with E-state index in [1.54, 1.807) is 0 Å². The number of nitro benzene ring substituents is 1. The normalized spacial score (nSPS) is 9.73. The number of carbonyl (C=O) groups is 1. The van der Waals surface area contributed by atoms with E-state index >= 15 is 0 Å². The molecule has 7 heteroatoms. The van der Waals surface area contributed by atoms with Crippen LogP contribution in [0.5, 0.6) is 0 Å². The van der Waals surface area contributed by atoms with Crippen LogP contribution in [0.1, 0.15) is 0 Å². The average molecular weight is 230 g/mol. The predicted octanol–water partition coefficient (Wildman–Crippen LogP) is 1.15. The molecule has 80 valence electrons. The molecule has 0 atom stereocenters. The van der Waals surface area contributed by atoms with E-state index in [2.05, 4.69) is 5.32 Å². The number of carbonyl (C=O) groups excluding carboxylic acids is 1. The van der Waals surface area contributed by atoms with Crippen LogP contribution in [0.15, 0.2) is 18.2 Å². The quantitative estimate of drug-likeness (QED) is 0.600. The van der Waals surface area contributed by atoms with Gasteiger partial charge < -0.3 is 11.1 Å². The van der Waals surface area contributed by atoms with Gasteiger partial charge in [-0.1, -0.05) is 11.6 Å². The average Bonchev–Trinajstić information content (AvgIpc) is 2.20.